The second kappa shape index (κ2) is 14.9. The van der Waals surface area contributed by atoms with Crippen LogP contribution in [-0.4, -0.2) is 51.4 Å². The van der Waals surface area contributed by atoms with Gasteiger partial charge in [-0.25, -0.2) is 12.8 Å². The van der Waals surface area contributed by atoms with Gasteiger partial charge >= 0.3 is 0 Å². The summed E-state index contributed by atoms with van der Waals surface area (Å²) in [6.45, 7) is 4.78. The molecule has 1 N–H and O–H groups in total. The third-order valence-electron chi connectivity index (χ3n) is 7.41. The highest BCUT2D eigenvalue weighted by Gasteiger charge is 2.35. The fraction of sp³-hybridized carbons (Fsp3) is 0.257. The zero-order valence-electron chi connectivity index (χ0n) is 25.9. The monoisotopic (exact) mass is 631 g/mol. The summed E-state index contributed by atoms with van der Waals surface area (Å²) >= 11 is 0. The number of carbonyl (C=O) groups excluding carboxylic acids is 2. The first-order valence-corrected chi connectivity index (χ1v) is 16.1. The van der Waals surface area contributed by atoms with E-state index in [0.717, 1.165) is 21.0 Å². The number of rotatable bonds is 13. The normalized spacial score (nSPS) is 11.8. The smallest absolute Gasteiger partial charge is 0.264 e. The van der Waals surface area contributed by atoms with Gasteiger partial charge in [0.15, 0.2) is 0 Å². The topological polar surface area (TPSA) is 96.0 Å². The molecule has 0 aliphatic carbocycles. The average molecular weight is 632 g/mol. The van der Waals surface area contributed by atoms with E-state index in [1.165, 1.54) is 42.3 Å². The Labute approximate surface area is 264 Å². The molecule has 236 valence electrons. The number of likely N-dealkylation sites (N-methyl/N-ethyl adjacent to an activating group) is 1. The molecule has 0 aromatic heterocycles. The van der Waals surface area contributed by atoms with E-state index in [-0.39, 0.29) is 34.9 Å². The van der Waals surface area contributed by atoms with Crippen LogP contribution in [0.4, 0.5) is 10.1 Å². The third kappa shape index (κ3) is 8.07. The lowest BCUT2D eigenvalue weighted by atomic mass is 10.0. The van der Waals surface area contributed by atoms with Crippen LogP contribution < -0.4 is 14.4 Å². The second-order valence-electron chi connectivity index (χ2n) is 10.7. The van der Waals surface area contributed by atoms with Gasteiger partial charge in [0, 0.05) is 25.1 Å². The number of anilines is 1. The fourth-order valence-corrected chi connectivity index (χ4v) is 6.42. The summed E-state index contributed by atoms with van der Waals surface area (Å²) in [6.07, 6.45) is 0.130. The Morgan fingerprint density at radius 1 is 0.889 bits per heavy atom. The van der Waals surface area contributed by atoms with Gasteiger partial charge in [-0.15, -0.1) is 0 Å². The van der Waals surface area contributed by atoms with Crippen molar-refractivity contribution in [2.24, 2.45) is 0 Å². The average Bonchev–Trinajstić information content (AvgIpc) is 3.03. The number of hydrogen-bond acceptors (Lipinski definition) is 5. The van der Waals surface area contributed by atoms with Crippen molar-refractivity contribution in [1.29, 1.82) is 0 Å². The van der Waals surface area contributed by atoms with Gasteiger partial charge in [-0.1, -0.05) is 72.3 Å². The van der Waals surface area contributed by atoms with Gasteiger partial charge in [-0.3, -0.25) is 13.9 Å². The number of methoxy groups -OCH3 is 1. The molecule has 4 aromatic carbocycles. The molecule has 1 atom stereocenters. The Morgan fingerprint density at radius 3 is 2.18 bits per heavy atom. The van der Waals surface area contributed by atoms with Crippen LogP contribution in [-0.2, 0) is 32.6 Å². The summed E-state index contributed by atoms with van der Waals surface area (Å²) < 4.78 is 50.0. The Hall–Kier alpha value is -4.70. The summed E-state index contributed by atoms with van der Waals surface area (Å²) in [7, 11) is -2.89. The van der Waals surface area contributed by atoms with Gasteiger partial charge in [0.1, 0.15) is 24.2 Å². The molecule has 1 unspecified atom stereocenters. The number of hydrogen-bond donors (Lipinski definition) is 1. The summed E-state index contributed by atoms with van der Waals surface area (Å²) in [5.74, 6) is -1.43. The highest BCUT2D eigenvalue weighted by atomic mass is 32.2. The van der Waals surface area contributed by atoms with E-state index in [2.05, 4.69) is 5.32 Å². The zero-order valence-corrected chi connectivity index (χ0v) is 26.7. The number of amides is 2. The molecule has 0 fully saturated rings. The van der Waals surface area contributed by atoms with Crippen molar-refractivity contribution in [2.75, 3.05) is 24.5 Å². The molecule has 0 heterocycles. The molecule has 0 saturated carbocycles. The first-order chi connectivity index (χ1) is 21.5. The lowest BCUT2D eigenvalue weighted by Crippen LogP contribution is -2.53. The lowest BCUT2D eigenvalue weighted by molar-refractivity contribution is -0.140. The number of aryl methyl sites for hydroxylation is 2. The van der Waals surface area contributed by atoms with Crippen LogP contribution in [0.25, 0.3) is 0 Å². The quantitative estimate of drug-likeness (QED) is 0.213. The van der Waals surface area contributed by atoms with E-state index in [1.807, 2.05) is 37.3 Å². The van der Waals surface area contributed by atoms with Crippen molar-refractivity contribution < 1.29 is 27.1 Å². The molecule has 0 spiro atoms. The van der Waals surface area contributed by atoms with Crippen LogP contribution in [0.3, 0.4) is 0 Å². The first-order valence-electron chi connectivity index (χ1n) is 14.6. The molecular formula is C35H38FN3O5S. The Balaban J connectivity index is 1.85. The van der Waals surface area contributed by atoms with E-state index in [4.69, 9.17) is 4.74 Å². The molecule has 4 aromatic rings. The zero-order chi connectivity index (χ0) is 32.6. The molecule has 0 aliphatic heterocycles. The molecule has 0 saturated heterocycles. The van der Waals surface area contributed by atoms with Crippen molar-refractivity contribution in [3.05, 3.63) is 125 Å². The highest BCUT2D eigenvalue weighted by molar-refractivity contribution is 7.92. The van der Waals surface area contributed by atoms with E-state index < -0.39 is 40.2 Å². The number of nitrogens with one attached hydrogen (secondary N) is 1. The van der Waals surface area contributed by atoms with Crippen LogP contribution in [0.1, 0.15) is 29.2 Å². The first kappa shape index (κ1) is 33.2. The number of carbonyl (C=O) groups is 2. The largest absolute Gasteiger partial charge is 0.495 e. The van der Waals surface area contributed by atoms with Crippen molar-refractivity contribution >= 4 is 27.5 Å². The van der Waals surface area contributed by atoms with Gasteiger partial charge in [-0.05, 0) is 62.2 Å². The minimum atomic E-state index is -4.31. The van der Waals surface area contributed by atoms with Crippen molar-refractivity contribution in [3.8, 4) is 5.75 Å². The summed E-state index contributed by atoms with van der Waals surface area (Å²) in [4.78, 5) is 29.3. The summed E-state index contributed by atoms with van der Waals surface area (Å²) in [5.41, 5.74) is 2.75. The summed E-state index contributed by atoms with van der Waals surface area (Å²) in [5, 5.41) is 2.80. The molecule has 2 amide bonds. The minimum Gasteiger partial charge on any atom is -0.495 e. The standard InChI is InChI=1S/C35H38FN3O5S/c1-5-37-35(41)32(22-27-11-7-6-8-12-27)38(23-28-13-9-10-14-30(28)36)34(40)24-39(31-21-26(3)17-20-33(31)44-4)45(42,43)29-18-15-25(2)16-19-29/h6-21,32H,5,22-24H2,1-4H3,(H,37,41). The van der Waals surface area contributed by atoms with E-state index >= 15 is 4.39 Å². The van der Waals surface area contributed by atoms with Gasteiger partial charge in [-0.2, -0.15) is 0 Å². The number of halogens is 1. The summed E-state index contributed by atoms with van der Waals surface area (Å²) in [6, 6.07) is 25.5. The van der Waals surface area contributed by atoms with Crippen LogP contribution in [0, 0.1) is 19.7 Å². The SMILES string of the molecule is CCNC(=O)C(Cc1ccccc1)N(Cc1ccccc1F)C(=O)CN(c1cc(C)ccc1OC)S(=O)(=O)c1ccc(C)cc1. The maximum Gasteiger partial charge on any atom is 0.264 e. The molecule has 0 aliphatic rings. The molecule has 4 rings (SSSR count). The maximum absolute atomic E-state index is 15.0. The van der Waals surface area contributed by atoms with Crippen molar-refractivity contribution in [2.45, 2.75) is 44.7 Å². The maximum atomic E-state index is 15.0. The molecule has 0 bridgehead atoms. The van der Waals surface area contributed by atoms with Gasteiger partial charge in [0.2, 0.25) is 11.8 Å². The van der Waals surface area contributed by atoms with Crippen LogP contribution in [0.2, 0.25) is 0 Å². The Bertz CT molecular complexity index is 1730. The van der Waals surface area contributed by atoms with E-state index in [1.54, 1.807) is 50.2 Å². The molecule has 0 radical (unpaired) electrons. The Morgan fingerprint density at radius 2 is 1.53 bits per heavy atom. The van der Waals surface area contributed by atoms with Crippen molar-refractivity contribution in [3.63, 3.8) is 0 Å². The third-order valence-corrected chi connectivity index (χ3v) is 9.19. The van der Waals surface area contributed by atoms with Gasteiger partial charge in [0.25, 0.3) is 10.0 Å². The van der Waals surface area contributed by atoms with Gasteiger partial charge < -0.3 is 15.0 Å². The van der Waals surface area contributed by atoms with E-state index in [9.17, 15) is 18.0 Å². The lowest BCUT2D eigenvalue weighted by Gasteiger charge is -2.34. The number of nitrogens with zero attached hydrogens (tertiary/aromatic N) is 2. The van der Waals surface area contributed by atoms with Crippen molar-refractivity contribution in [1.82, 2.24) is 10.2 Å². The number of benzene rings is 4. The highest BCUT2D eigenvalue weighted by Crippen LogP contribution is 2.34. The van der Waals surface area contributed by atoms with Crippen LogP contribution >= 0.6 is 0 Å². The van der Waals surface area contributed by atoms with E-state index in [0.29, 0.717) is 6.54 Å². The van der Waals surface area contributed by atoms with Gasteiger partial charge in [0.05, 0.1) is 17.7 Å². The number of sulfonamides is 1. The van der Waals surface area contributed by atoms with Crippen LogP contribution in [0.15, 0.2) is 102 Å². The number of ether oxygens (including phenoxy) is 1. The molecule has 10 heteroatoms. The molecular weight excluding hydrogens is 593 g/mol. The molecule has 8 nitrogen and oxygen atoms in total. The predicted octanol–water partition coefficient (Wildman–Crippen LogP) is 5.42. The Kier molecular flexibility index (Phi) is 11.0. The fourth-order valence-electron chi connectivity index (χ4n) is 5.00. The predicted molar refractivity (Wildman–Crippen MR) is 173 cm³/mol. The molecule has 45 heavy (non-hydrogen) atoms. The minimum absolute atomic E-state index is 0.0188. The van der Waals surface area contributed by atoms with Crippen LogP contribution in [0.5, 0.6) is 5.75 Å². The second-order valence-corrected chi connectivity index (χ2v) is 12.6.